The third kappa shape index (κ3) is 7.31. The van der Waals surface area contributed by atoms with Crippen LogP contribution >= 0.6 is 0 Å². The number of primary amides is 1. The summed E-state index contributed by atoms with van der Waals surface area (Å²) in [7, 11) is 1.77. The largest absolute Gasteiger partial charge is 0.491 e. The number of anilines is 1. The van der Waals surface area contributed by atoms with Crippen molar-refractivity contribution in [2.75, 3.05) is 18.6 Å². The molecule has 3 aromatic rings. The van der Waals surface area contributed by atoms with Gasteiger partial charge in [0.05, 0.1) is 18.7 Å². The van der Waals surface area contributed by atoms with Gasteiger partial charge >= 0.3 is 0 Å². The predicted molar refractivity (Wildman–Crippen MR) is 136 cm³/mol. The van der Waals surface area contributed by atoms with E-state index in [-0.39, 0.29) is 22.8 Å². The second-order valence-corrected chi connectivity index (χ2v) is 9.01. The number of pyridine rings is 1. The molecule has 0 spiro atoms. The molecule has 36 heavy (non-hydrogen) atoms. The molecule has 0 aliphatic carbocycles. The van der Waals surface area contributed by atoms with Crippen LogP contribution in [0.3, 0.4) is 0 Å². The van der Waals surface area contributed by atoms with Crippen molar-refractivity contribution >= 4 is 17.5 Å². The first-order valence-corrected chi connectivity index (χ1v) is 11.3. The van der Waals surface area contributed by atoms with E-state index in [9.17, 15) is 14.0 Å². The summed E-state index contributed by atoms with van der Waals surface area (Å²) in [6.07, 6.45) is 1.78. The van der Waals surface area contributed by atoms with Crippen LogP contribution in [-0.2, 0) is 4.79 Å². The van der Waals surface area contributed by atoms with Crippen LogP contribution in [0.1, 0.15) is 43.2 Å². The maximum atomic E-state index is 13.3. The maximum absolute atomic E-state index is 13.3. The highest BCUT2D eigenvalue weighted by Crippen LogP contribution is 2.31. The lowest BCUT2D eigenvalue weighted by Gasteiger charge is -2.16. The van der Waals surface area contributed by atoms with Crippen LogP contribution in [0.4, 0.5) is 10.1 Å². The molecule has 186 valence electrons. The van der Waals surface area contributed by atoms with E-state index in [1.54, 1.807) is 24.1 Å². The van der Waals surface area contributed by atoms with E-state index in [4.69, 9.17) is 15.2 Å². The molecule has 0 saturated carbocycles. The molecule has 0 radical (unpaired) electrons. The lowest BCUT2D eigenvalue weighted by molar-refractivity contribution is -0.118. The van der Waals surface area contributed by atoms with Crippen LogP contribution in [0.2, 0.25) is 0 Å². The number of hydrogen-bond donors (Lipinski definition) is 1. The number of para-hydroxylation sites is 1. The number of aromatic nitrogens is 1. The molecular weight excluding hydrogens is 461 g/mol. The van der Waals surface area contributed by atoms with E-state index in [2.05, 4.69) is 37.6 Å². The molecule has 2 amide bonds. The number of nitrogens with zero attached hydrogens (tertiary/aromatic N) is 2. The minimum atomic E-state index is -0.663. The number of carbonyl (C=O) groups is 2. The van der Waals surface area contributed by atoms with Gasteiger partial charge in [0.1, 0.15) is 17.2 Å². The Hall–Kier alpha value is -4.38. The van der Waals surface area contributed by atoms with Crippen molar-refractivity contribution in [3.05, 3.63) is 77.9 Å². The van der Waals surface area contributed by atoms with E-state index in [0.717, 1.165) is 17.0 Å². The summed E-state index contributed by atoms with van der Waals surface area (Å²) in [5.74, 6) is 6.39. The Bertz CT molecular complexity index is 1320. The summed E-state index contributed by atoms with van der Waals surface area (Å²) >= 11 is 0. The Morgan fingerprint density at radius 1 is 1.17 bits per heavy atom. The van der Waals surface area contributed by atoms with E-state index in [1.165, 1.54) is 30.5 Å². The topological polar surface area (TPSA) is 94.8 Å². The van der Waals surface area contributed by atoms with Gasteiger partial charge in [-0.15, -0.1) is 0 Å². The molecule has 2 aromatic carbocycles. The van der Waals surface area contributed by atoms with Crippen molar-refractivity contribution in [3.63, 3.8) is 0 Å². The summed E-state index contributed by atoms with van der Waals surface area (Å²) in [4.78, 5) is 28.1. The molecule has 1 aromatic heterocycles. The smallest absolute Gasteiger partial charge is 0.267 e. The fourth-order valence-electron chi connectivity index (χ4n) is 3.05. The molecule has 0 fully saturated rings. The van der Waals surface area contributed by atoms with Gasteiger partial charge in [-0.05, 0) is 57.2 Å². The standard InChI is InChI=1S/C16H19NO2.C12H9FN2O2/c1-16(2,3)9-7-12-5-6-14-13(11-12)17(4)15(18)8-10-19-14;13-9-3-1-2-4-11(9)17-8-5-6-15-10(7-8)12(14)16/h5-6,11H,8,10H2,1-4H3;1-7H,(H2,14,16). The molecule has 0 saturated heterocycles. The van der Waals surface area contributed by atoms with Crippen molar-refractivity contribution in [1.82, 2.24) is 4.98 Å². The number of hydrogen-bond acceptors (Lipinski definition) is 5. The van der Waals surface area contributed by atoms with Crippen molar-refractivity contribution in [2.45, 2.75) is 27.2 Å². The van der Waals surface area contributed by atoms with Gasteiger partial charge < -0.3 is 20.1 Å². The van der Waals surface area contributed by atoms with Crippen molar-refractivity contribution in [3.8, 4) is 29.1 Å². The zero-order valence-corrected chi connectivity index (χ0v) is 20.7. The highest BCUT2D eigenvalue weighted by atomic mass is 19.1. The quantitative estimate of drug-likeness (QED) is 0.526. The average Bonchev–Trinajstić information content (AvgIpc) is 2.97. The fourth-order valence-corrected chi connectivity index (χ4v) is 3.05. The van der Waals surface area contributed by atoms with Gasteiger partial charge in [-0.1, -0.05) is 24.0 Å². The molecule has 2 N–H and O–H groups in total. The minimum Gasteiger partial charge on any atom is -0.491 e. The van der Waals surface area contributed by atoms with Crippen LogP contribution < -0.4 is 20.1 Å². The second-order valence-electron chi connectivity index (χ2n) is 9.01. The first kappa shape index (κ1) is 26.2. The lowest BCUT2D eigenvalue weighted by atomic mass is 9.97. The summed E-state index contributed by atoms with van der Waals surface area (Å²) in [5, 5.41) is 0. The van der Waals surface area contributed by atoms with Crippen LogP contribution in [0, 0.1) is 23.1 Å². The number of halogens is 1. The molecule has 0 unspecified atom stereocenters. The van der Waals surface area contributed by atoms with Gasteiger partial charge in [0.15, 0.2) is 11.6 Å². The average molecular weight is 490 g/mol. The number of nitrogens with two attached hydrogens (primary N) is 1. The maximum Gasteiger partial charge on any atom is 0.267 e. The number of carbonyl (C=O) groups excluding carboxylic acids is 2. The third-order valence-corrected chi connectivity index (χ3v) is 4.90. The highest BCUT2D eigenvalue weighted by Gasteiger charge is 2.20. The third-order valence-electron chi connectivity index (χ3n) is 4.90. The minimum absolute atomic E-state index is 0.0367. The van der Waals surface area contributed by atoms with Crippen LogP contribution in [0.15, 0.2) is 60.8 Å². The Kier molecular flexibility index (Phi) is 8.28. The van der Waals surface area contributed by atoms with Crippen LogP contribution in [0.25, 0.3) is 0 Å². The zero-order valence-electron chi connectivity index (χ0n) is 20.7. The van der Waals surface area contributed by atoms with Gasteiger partial charge in [0.2, 0.25) is 5.91 Å². The fraction of sp³-hybridized carbons (Fsp3) is 0.250. The van der Waals surface area contributed by atoms with Gasteiger partial charge in [0.25, 0.3) is 5.91 Å². The highest BCUT2D eigenvalue weighted by molar-refractivity contribution is 5.95. The zero-order chi connectivity index (χ0) is 26.3. The van der Waals surface area contributed by atoms with E-state index in [0.29, 0.717) is 18.8 Å². The Labute approximate surface area is 210 Å². The first-order chi connectivity index (χ1) is 17.0. The molecule has 0 bridgehead atoms. The Morgan fingerprint density at radius 2 is 1.92 bits per heavy atom. The summed E-state index contributed by atoms with van der Waals surface area (Å²) in [5.41, 5.74) is 6.80. The van der Waals surface area contributed by atoms with Gasteiger partial charge in [-0.25, -0.2) is 4.39 Å². The molecular formula is C28H28FN3O4. The number of rotatable bonds is 3. The van der Waals surface area contributed by atoms with E-state index < -0.39 is 11.7 Å². The lowest BCUT2D eigenvalue weighted by Crippen LogP contribution is -2.25. The normalized spacial score (nSPS) is 12.6. The molecule has 1 aliphatic heterocycles. The molecule has 0 atom stereocenters. The number of ether oxygens (including phenoxy) is 2. The molecule has 8 heteroatoms. The molecule has 1 aliphatic rings. The van der Waals surface area contributed by atoms with Gasteiger partial charge in [-0.3, -0.25) is 14.6 Å². The summed E-state index contributed by atoms with van der Waals surface area (Å²) in [6.45, 7) is 6.65. The van der Waals surface area contributed by atoms with Crippen molar-refractivity contribution < 1.29 is 23.5 Å². The first-order valence-electron chi connectivity index (χ1n) is 11.3. The Balaban J connectivity index is 0.000000202. The molecule has 7 nitrogen and oxygen atoms in total. The van der Waals surface area contributed by atoms with Crippen LogP contribution in [-0.4, -0.2) is 30.5 Å². The van der Waals surface area contributed by atoms with E-state index in [1.807, 2.05) is 18.2 Å². The number of amides is 2. The van der Waals surface area contributed by atoms with Crippen LogP contribution in [0.5, 0.6) is 17.2 Å². The SMILES string of the molecule is CN1C(=O)CCOc2ccc(C#CC(C)(C)C)cc21.NC(=O)c1cc(Oc2ccccc2F)ccn1. The van der Waals surface area contributed by atoms with Gasteiger partial charge in [0, 0.05) is 30.3 Å². The summed E-state index contributed by atoms with van der Waals surface area (Å²) < 4.78 is 24.2. The number of fused-ring (bicyclic) bond motifs is 1. The molecule has 4 rings (SSSR count). The monoisotopic (exact) mass is 489 g/mol. The predicted octanol–water partition coefficient (Wildman–Crippen LogP) is 4.94. The van der Waals surface area contributed by atoms with Crippen molar-refractivity contribution in [2.24, 2.45) is 11.1 Å². The Morgan fingerprint density at radius 3 is 2.61 bits per heavy atom. The number of benzene rings is 2. The van der Waals surface area contributed by atoms with Crippen molar-refractivity contribution in [1.29, 1.82) is 0 Å². The second kappa shape index (κ2) is 11.4. The molecule has 2 heterocycles. The summed E-state index contributed by atoms with van der Waals surface area (Å²) in [6, 6.07) is 14.6. The van der Waals surface area contributed by atoms with E-state index >= 15 is 0 Å². The van der Waals surface area contributed by atoms with Gasteiger partial charge in [-0.2, -0.15) is 0 Å².